The number of nitrogens with one attached hydrogen (secondary N) is 1. The Bertz CT molecular complexity index is 635. The molecule has 0 aliphatic rings. The molecule has 0 radical (unpaired) electrons. The van der Waals surface area contributed by atoms with Crippen molar-refractivity contribution in [2.24, 2.45) is 0 Å². The van der Waals surface area contributed by atoms with Crippen LogP contribution in [0.1, 0.15) is 22.8 Å². The molecular formula is C16H14ClNO2. The maximum Gasteiger partial charge on any atom is 0.221 e. The normalized spacial score (nSPS) is 10.1. The number of hydrogen-bond acceptors (Lipinski definition) is 2. The summed E-state index contributed by atoms with van der Waals surface area (Å²) in [4.78, 5) is 23.1. The largest absolute Gasteiger partial charge is 0.326 e. The molecule has 0 aromatic heterocycles. The van der Waals surface area contributed by atoms with Crippen LogP contribution in [0.3, 0.4) is 0 Å². The number of carbonyl (C=O) groups excluding carboxylic acids is 2. The second-order valence-corrected chi connectivity index (χ2v) is 4.86. The number of anilines is 1. The molecule has 0 aliphatic heterocycles. The molecule has 0 bridgehead atoms. The molecule has 2 aromatic rings. The van der Waals surface area contributed by atoms with Crippen molar-refractivity contribution in [3.8, 4) is 0 Å². The van der Waals surface area contributed by atoms with E-state index in [-0.39, 0.29) is 18.1 Å². The van der Waals surface area contributed by atoms with Crippen molar-refractivity contribution in [2.75, 3.05) is 5.32 Å². The number of rotatable bonds is 4. The molecule has 0 saturated carbocycles. The summed E-state index contributed by atoms with van der Waals surface area (Å²) in [6.07, 6.45) is 0.263. The van der Waals surface area contributed by atoms with E-state index >= 15 is 0 Å². The number of halogens is 1. The van der Waals surface area contributed by atoms with E-state index in [2.05, 4.69) is 5.32 Å². The molecule has 4 heteroatoms. The Morgan fingerprint density at radius 2 is 1.70 bits per heavy atom. The van der Waals surface area contributed by atoms with Gasteiger partial charge in [-0.3, -0.25) is 9.59 Å². The van der Waals surface area contributed by atoms with Gasteiger partial charge in [0.1, 0.15) is 0 Å². The number of carbonyl (C=O) groups is 2. The highest BCUT2D eigenvalue weighted by molar-refractivity contribution is 6.31. The number of benzene rings is 2. The molecule has 0 fully saturated rings. The highest BCUT2D eigenvalue weighted by atomic mass is 35.5. The number of amides is 1. The van der Waals surface area contributed by atoms with E-state index in [1.807, 2.05) is 18.2 Å². The topological polar surface area (TPSA) is 46.2 Å². The Hall–Kier alpha value is -2.13. The van der Waals surface area contributed by atoms with Gasteiger partial charge >= 0.3 is 0 Å². The van der Waals surface area contributed by atoms with E-state index in [9.17, 15) is 9.59 Å². The summed E-state index contributed by atoms with van der Waals surface area (Å²) in [6, 6.07) is 14.1. The van der Waals surface area contributed by atoms with Gasteiger partial charge in [0.05, 0.1) is 0 Å². The Morgan fingerprint density at radius 3 is 2.30 bits per heavy atom. The summed E-state index contributed by atoms with van der Waals surface area (Å²) >= 11 is 6.04. The van der Waals surface area contributed by atoms with Crippen LogP contribution >= 0.6 is 11.6 Å². The molecule has 1 N–H and O–H groups in total. The van der Waals surface area contributed by atoms with Crippen LogP contribution in [0, 0.1) is 0 Å². The maximum atomic E-state index is 12.2. The predicted octanol–water partition coefficient (Wildman–Crippen LogP) is 3.72. The second kappa shape index (κ2) is 6.35. The molecule has 2 rings (SSSR count). The van der Waals surface area contributed by atoms with E-state index in [0.29, 0.717) is 16.3 Å². The van der Waals surface area contributed by atoms with Crippen LogP contribution in [-0.2, 0) is 11.2 Å². The molecule has 0 atom stereocenters. The van der Waals surface area contributed by atoms with Gasteiger partial charge in [-0.25, -0.2) is 0 Å². The van der Waals surface area contributed by atoms with Crippen molar-refractivity contribution in [2.45, 2.75) is 13.3 Å². The molecule has 0 spiro atoms. The van der Waals surface area contributed by atoms with Gasteiger partial charge < -0.3 is 5.32 Å². The minimum absolute atomic E-state index is 0.00697. The lowest BCUT2D eigenvalue weighted by molar-refractivity contribution is -0.114. The fourth-order valence-corrected chi connectivity index (χ4v) is 2.06. The minimum atomic E-state index is -0.139. The van der Waals surface area contributed by atoms with Crippen LogP contribution < -0.4 is 5.32 Å². The first-order valence-electron chi connectivity index (χ1n) is 6.20. The van der Waals surface area contributed by atoms with Gasteiger partial charge in [-0.15, -0.1) is 0 Å². The van der Waals surface area contributed by atoms with Crippen molar-refractivity contribution >= 4 is 29.0 Å². The van der Waals surface area contributed by atoms with Crippen LogP contribution in [0.25, 0.3) is 0 Å². The first-order valence-corrected chi connectivity index (χ1v) is 6.58. The van der Waals surface area contributed by atoms with E-state index in [1.54, 1.807) is 30.3 Å². The quantitative estimate of drug-likeness (QED) is 0.871. The smallest absolute Gasteiger partial charge is 0.221 e. The highest BCUT2D eigenvalue weighted by Gasteiger charge is 2.09. The molecule has 1 amide bonds. The standard InChI is InChI=1S/C16H14ClNO2/c1-11(19)18-14-8-6-12(7-9-14)16(20)10-13-4-2-3-5-15(13)17/h2-9H,10H2,1H3,(H,18,19). The van der Waals surface area contributed by atoms with Crippen molar-refractivity contribution in [3.05, 3.63) is 64.7 Å². The third-order valence-electron chi connectivity index (χ3n) is 2.84. The Morgan fingerprint density at radius 1 is 1.05 bits per heavy atom. The van der Waals surface area contributed by atoms with Gasteiger partial charge in [-0.2, -0.15) is 0 Å². The Kier molecular flexibility index (Phi) is 4.53. The fourth-order valence-electron chi connectivity index (χ4n) is 1.86. The van der Waals surface area contributed by atoms with Gasteiger partial charge in [0.25, 0.3) is 0 Å². The van der Waals surface area contributed by atoms with Crippen LogP contribution in [0.5, 0.6) is 0 Å². The molecular weight excluding hydrogens is 274 g/mol. The molecule has 0 heterocycles. The van der Waals surface area contributed by atoms with Crippen LogP contribution in [0.2, 0.25) is 5.02 Å². The third kappa shape index (κ3) is 3.68. The van der Waals surface area contributed by atoms with E-state index in [1.165, 1.54) is 6.92 Å². The average molecular weight is 288 g/mol. The van der Waals surface area contributed by atoms with Crippen LogP contribution in [-0.4, -0.2) is 11.7 Å². The summed E-state index contributed by atoms with van der Waals surface area (Å²) < 4.78 is 0. The van der Waals surface area contributed by atoms with Crippen molar-refractivity contribution in [1.82, 2.24) is 0 Å². The molecule has 0 saturated heterocycles. The zero-order valence-corrected chi connectivity index (χ0v) is 11.8. The van der Waals surface area contributed by atoms with Gasteiger partial charge in [-0.1, -0.05) is 29.8 Å². The lowest BCUT2D eigenvalue weighted by atomic mass is 10.0. The van der Waals surface area contributed by atoms with E-state index in [0.717, 1.165) is 5.56 Å². The Labute approximate surface area is 122 Å². The summed E-state index contributed by atoms with van der Waals surface area (Å²) in [7, 11) is 0. The first-order chi connectivity index (χ1) is 9.56. The number of Topliss-reactive ketones (excluding diaryl/α,β-unsaturated/α-hetero) is 1. The third-order valence-corrected chi connectivity index (χ3v) is 3.20. The van der Waals surface area contributed by atoms with Gasteiger partial charge in [0, 0.05) is 29.6 Å². The zero-order chi connectivity index (χ0) is 14.5. The second-order valence-electron chi connectivity index (χ2n) is 4.45. The molecule has 20 heavy (non-hydrogen) atoms. The monoisotopic (exact) mass is 287 g/mol. The van der Waals surface area contributed by atoms with Crippen molar-refractivity contribution in [3.63, 3.8) is 0 Å². The predicted molar refractivity (Wildman–Crippen MR) is 80.2 cm³/mol. The SMILES string of the molecule is CC(=O)Nc1ccc(C(=O)Cc2ccccc2Cl)cc1. The maximum absolute atomic E-state index is 12.2. The van der Waals surface area contributed by atoms with E-state index in [4.69, 9.17) is 11.6 Å². The summed E-state index contributed by atoms with van der Waals surface area (Å²) in [5.41, 5.74) is 2.08. The van der Waals surface area contributed by atoms with E-state index < -0.39 is 0 Å². The van der Waals surface area contributed by atoms with Crippen molar-refractivity contribution in [1.29, 1.82) is 0 Å². The van der Waals surface area contributed by atoms with Crippen LogP contribution in [0.15, 0.2) is 48.5 Å². The molecule has 2 aromatic carbocycles. The van der Waals surface area contributed by atoms with Gasteiger partial charge in [0.2, 0.25) is 5.91 Å². The average Bonchev–Trinajstić information content (AvgIpc) is 2.41. The van der Waals surface area contributed by atoms with Gasteiger partial charge in [0.15, 0.2) is 5.78 Å². The summed E-state index contributed by atoms with van der Waals surface area (Å²) in [5.74, 6) is -0.146. The Balaban J connectivity index is 2.10. The molecule has 0 aliphatic carbocycles. The molecule has 0 unspecified atom stereocenters. The summed E-state index contributed by atoms with van der Waals surface area (Å²) in [6.45, 7) is 1.44. The number of hydrogen-bond donors (Lipinski definition) is 1. The first kappa shape index (κ1) is 14.3. The van der Waals surface area contributed by atoms with Crippen molar-refractivity contribution < 1.29 is 9.59 Å². The molecule has 102 valence electrons. The fraction of sp³-hybridized carbons (Fsp3) is 0.125. The number of ketones is 1. The summed E-state index contributed by atoms with van der Waals surface area (Å²) in [5, 5.41) is 3.25. The minimum Gasteiger partial charge on any atom is -0.326 e. The van der Waals surface area contributed by atoms with Crippen LogP contribution in [0.4, 0.5) is 5.69 Å². The lowest BCUT2D eigenvalue weighted by Crippen LogP contribution is -2.07. The molecule has 3 nitrogen and oxygen atoms in total. The lowest BCUT2D eigenvalue weighted by Gasteiger charge is -2.05. The zero-order valence-electron chi connectivity index (χ0n) is 11.0. The highest BCUT2D eigenvalue weighted by Crippen LogP contribution is 2.18. The van der Waals surface area contributed by atoms with Gasteiger partial charge in [-0.05, 0) is 35.9 Å².